The Morgan fingerprint density at radius 3 is 1.71 bits per heavy atom. The summed E-state index contributed by atoms with van der Waals surface area (Å²) in [4.78, 5) is 10.7. The van der Waals surface area contributed by atoms with E-state index in [0.29, 0.717) is 5.82 Å². The van der Waals surface area contributed by atoms with Crippen LogP contribution >= 0.6 is 0 Å². The maximum atomic E-state index is 5.41. The zero-order chi connectivity index (χ0) is 38.8. The SMILES string of the molecule is CC1(C)c2ccccc2-c2ccc(-c3cc(-c4ccccc4)cc(-c4cc(-c5ccccc5)nc(-c5ccc6c(c5)c5ccccc5n6-c5ccccc5)n4)c3)cc21. The molecule has 3 nitrogen and oxygen atoms in total. The van der Waals surface area contributed by atoms with E-state index in [-0.39, 0.29) is 5.41 Å². The Kier molecular flexibility index (Phi) is 7.84. The minimum absolute atomic E-state index is 0.0948. The van der Waals surface area contributed by atoms with E-state index in [4.69, 9.17) is 9.97 Å². The fourth-order valence-corrected chi connectivity index (χ4v) is 9.07. The molecule has 8 aromatic carbocycles. The normalized spacial score (nSPS) is 12.8. The van der Waals surface area contributed by atoms with Gasteiger partial charge in [-0.1, -0.05) is 147 Å². The maximum absolute atomic E-state index is 5.41. The monoisotopic (exact) mass is 741 g/mol. The van der Waals surface area contributed by atoms with Crippen LogP contribution in [-0.4, -0.2) is 14.5 Å². The second-order valence-electron chi connectivity index (χ2n) is 15.8. The van der Waals surface area contributed by atoms with Gasteiger partial charge in [0.25, 0.3) is 0 Å². The molecule has 1 aliphatic carbocycles. The molecule has 0 radical (unpaired) electrons. The summed E-state index contributed by atoms with van der Waals surface area (Å²) in [6, 6.07) is 71.9. The van der Waals surface area contributed by atoms with Gasteiger partial charge in [0.05, 0.1) is 22.4 Å². The van der Waals surface area contributed by atoms with Crippen molar-refractivity contribution in [2.24, 2.45) is 0 Å². The van der Waals surface area contributed by atoms with Crippen LogP contribution < -0.4 is 0 Å². The number of benzene rings is 8. The van der Waals surface area contributed by atoms with Crippen molar-refractivity contribution in [1.29, 1.82) is 0 Å². The first-order valence-corrected chi connectivity index (χ1v) is 20.0. The van der Waals surface area contributed by atoms with Crippen LogP contribution in [0.1, 0.15) is 25.0 Å². The average Bonchev–Trinajstić information content (AvgIpc) is 3.74. The number of aromatic nitrogens is 3. The van der Waals surface area contributed by atoms with Crippen LogP contribution in [-0.2, 0) is 5.41 Å². The molecular weight excluding hydrogens is 703 g/mol. The predicted octanol–water partition coefficient (Wildman–Crippen LogP) is 14.2. The van der Waals surface area contributed by atoms with E-state index in [1.54, 1.807) is 0 Å². The highest BCUT2D eigenvalue weighted by Crippen LogP contribution is 2.50. The zero-order valence-corrected chi connectivity index (χ0v) is 32.4. The van der Waals surface area contributed by atoms with E-state index in [0.717, 1.165) is 56.0 Å². The molecule has 10 aromatic rings. The summed E-state index contributed by atoms with van der Waals surface area (Å²) in [6.07, 6.45) is 0. The summed E-state index contributed by atoms with van der Waals surface area (Å²) >= 11 is 0. The Morgan fingerprint density at radius 1 is 0.362 bits per heavy atom. The van der Waals surface area contributed by atoms with Crippen LogP contribution in [0.3, 0.4) is 0 Å². The second kappa shape index (κ2) is 13.4. The van der Waals surface area contributed by atoms with E-state index in [9.17, 15) is 0 Å². The summed E-state index contributed by atoms with van der Waals surface area (Å²) in [7, 11) is 0. The molecule has 3 heteroatoms. The molecule has 11 rings (SSSR count). The van der Waals surface area contributed by atoms with Crippen molar-refractivity contribution >= 4 is 21.8 Å². The van der Waals surface area contributed by atoms with Crippen LogP contribution in [0, 0.1) is 0 Å². The molecule has 0 amide bonds. The molecule has 0 bridgehead atoms. The van der Waals surface area contributed by atoms with Crippen LogP contribution in [0.25, 0.3) is 94.8 Å². The van der Waals surface area contributed by atoms with Crippen molar-refractivity contribution < 1.29 is 0 Å². The van der Waals surface area contributed by atoms with Crippen molar-refractivity contribution in [3.05, 3.63) is 211 Å². The highest BCUT2D eigenvalue weighted by molar-refractivity contribution is 6.10. The lowest BCUT2D eigenvalue weighted by Gasteiger charge is -2.22. The standard InChI is InChI=1S/C55H39N3/c1-55(2)48-24-14-12-22-44(48)45-28-26-38(34-49(45)55)41-30-40(36-16-6-3-7-17-36)31-42(32-41)51-35-50(37-18-8-4-9-19-37)56-54(57-51)39-27-29-53-47(33-39)46-23-13-15-25-52(46)58(53)43-20-10-5-11-21-43/h3-35H,1-2H3. The zero-order valence-electron chi connectivity index (χ0n) is 32.4. The van der Waals surface area contributed by atoms with Gasteiger partial charge in [0.2, 0.25) is 0 Å². The third-order valence-electron chi connectivity index (χ3n) is 12.0. The van der Waals surface area contributed by atoms with E-state index >= 15 is 0 Å². The lowest BCUT2D eigenvalue weighted by Crippen LogP contribution is -2.14. The highest BCUT2D eigenvalue weighted by atomic mass is 15.0. The lowest BCUT2D eigenvalue weighted by molar-refractivity contribution is 0.660. The van der Waals surface area contributed by atoms with Gasteiger partial charge in [-0.15, -0.1) is 0 Å². The number of hydrogen-bond acceptors (Lipinski definition) is 2. The largest absolute Gasteiger partial charge is 0.309 e. The Balaban J connectivity index is 1.11. The summed E-state index contributed by atoms with van der Waals surface area (Å²) in [5, 5.41) is 2.37. The van der Waals surface area contributed by atoms with E-state index in [1.807, 2.05) is 0 Å². The number of hydrogen-bond donors (Lipinski definition) is 0. The number of rotatable bonds is 6. The van der Waals surface area contributed by atoms with Crippen molar-refractivity contribution in [2.45, 2.75) is 19.3 Å². The smallest absolute Gasteiger partial charge is 0.160 e. The molecule has 0 saturated heterocycles. The van der Waals surface area contributed by atoms with Crippen molar-refractivity contribution in [3.8, 4) is 73.0 Å². The number of para-hydroxylation sites is 2. The van der Waals surface area contributed by atoms with E-state index in [1.165, 1.54) is 44.1 Å². The topological polar surface area (TPSA) is 30.7 Å². The molecule has 0 aliphatic heterocycles. The van der Waals surface area contributed by atoms with Gasteiger partial charge in [0.15, 0.2) is 5.82 Å². The molecule has 0 atom stereocenters. The van der Waals surface area contributed by atoms with Gasteiger partial charge < -0.3 is 4.57 Å². The van der Waals surface area contributed by atoms with Crippen LogP contribution in [0.5, 0.6) is 0 Å². The molecule has 0 N–H and O–H groups in total. The molecule has 2 aromatic heterocycles. The number of nitrogens with zero attached hydrogens (tertiary/aromatic N) is 3. The molecule has 2 heterocycles. The van der Waals surface area contributed by atoms with Gasteiger partial charge in [0, 0.05) is 38.6 Å². The summed E-state index contributed by atoms with van der Waals surface area (Å²) in [5.74, 6) is 0.693. The molecule has 1 aliphatic rings. The molecule has 0 saturated carbocycles. The van der Waals surface area contributed by atoms with Crippen molar-refractivity contribution in [2.75, 3.05) is 0 Å². The van der Waals surface area contributed by atoms with Crippen LogP contribution in [0.15, 0.2) is 200 Å². The van der Waals surface area contributed by atoms with Gasteiger partial charge in [-0.2, -0.15) is 0 Å². The minimum Gasteiger partial charge on any atom is -0.309 e. The Bertz CT molecular complexity index is 3180. The first-order valence-electron chi connectivity index (χ1n) is 20.0. The summed E-state index contributed by atoms with van der Waals surface area (Å²) in [5.41, 5.74) is 18.2. The van der Waals surface area contributed by atoms with Gasteiger partial charge in [-0.25, -0.2) is 9.97 Å². The maximum Gasteiger partial charge on any atom is 0.160 e. The quantitative estimate of drug-likeness (QED) is 0.170. The van der Waals surface area contributed by atoms with E-state index in [2.05, 4.69) is 219 Å². The Labute approximate surface area is 338 Å². The molecular formula is C55H39N3. The van der Waals surface area contributed by atoms with Crippen LogP contribution in [0.4, 0.5) is 0 Å². The molecule has 274 valence electrons. The van der Waals surface area contributed by atoms with Gasteiger partial charge in [0.1, 0.15) is 0 Å². The van der Waals surface area contributed by atoms with E-state index < -0.39 is 0 Å². The molecule has 0 unspecified atom stereocenters. The Hall–Kier alpha value is -7.36. The highest BCUT2D eigenvalue weighted by Gasteiger charge is 2.35. The first kappa shape index (κ1) is 33.9. The summed E-state index contributed by atoms with van der Waals surface area (Å²) in [6.45, 7) is 4.69. The third kappa shape index (κ3) is 5.58. The second-order valence-corrected chi connectivity index (χ2v) is 15.8. The molecule has 0 spiro atoms. The van der Waals surface area contributed by atoms with Gasteiger partial charge in [-0.3, -0.25) is 0 Å². The summed E-state index contributed by atoms with van der Waals surface area (Å²) < 4.78 is 2.34. The lowest BCUT2D eigenvalue weighted by atomic mass is 9.81. The molecule has 0 fully saturated rings. The Morgan fingerprint density at radius 2 is 0.931 bits per heavy atom. The fourth-order valence-electron chi connectivity index (χ4n) is 9.07. The molecule has 58 heavy (non-hydrogen) atoms. The average molecular weight is 742 g/mol. The fraction of sp³-hybridized carbons (Fsp3) is 0.0545. The third-order valence-corrected chi connectivity index (χ3v) is 12.0. The van der Waals surface area contributed by atoms with Gasteiger partial charge in [-0.05, 0) is 111 Å². The first-order chi connectivity index (χ1) is 28.5. The number of fused-ring (bicyclic) bond motifs is 6. The van der Waals surface area contributed by atoms with Crippen molar-refractivity contribution in [1.82, 2.24) is 14.5 Å². The van der Waals surface area contributed by atoms with Crippen molar-refractivity contribution in [3.63, 3.8) is 0 Å². The predicted molar refractivity (Wildman–Crippen MR) is 241 cm³/mol. The van der Waals surface area contributed by atoms with Gasteiger partial charge >= 0.3 is 0 Å². The van der Waals surface area contributed by atoms with Crippen LogP contribution in [0.2, 0.25) is 0 Å². The minimum atomic E-state index is -0.0948.